The van der Waals surface area contributed by atoms with Crippen LogP contribution in [0.3, 0.4) is 0 Å². The van der Waals surface area contributed by atoms with Gasteiger partial charge in [-0.2, -0.15) is 0 Å². The van der Waals surface area contributed by atoms with Gasteiger partial charge in [-0.3, -0.25) is 4.79 Å². The molecule has 1 rings (SSSR count). The summed E-state index contributed by atoms with van der Waals surface area (Å²) < 4.78 is 4.84. The van der Waals surface area contributed by atoms with Gasteiger partial charge in [-0.25, -0.2) is 4.79 Å². The molecular weight excluding hydrogens is 214 g/mol. The van der Waals surface area contributed by atoms with Crippen LogP contribution in [0.1, 0.15) is 27.8 Å². The lowest BCUT2D eigenvalue weighted by atomic mass is 10.3. The van der Waals surface area contributed by atoms with E-state index >= 15 is 0 Å². The summed E-state index contributed by atoms with van der Waals surface area (Å²) in [5.41, 5.74) is -0.0752. The van der Waals surface area contributed by atoms with E-state index in [0.717, 1.165) is 12.3 Å². The van der Waals surface area contributed by atoms with Gasteiger partial charge in [0.15, 0.2) is 5.76 Å². The Hall–Kier alpha value is -1.82. The van der Waals surface area contributed by atoms with E-state index in [9.17, 15) is 9.59 Å². The third-order valence-electron chi connectivity index (χ3n) is 1.94. The summed E-state index contributed by atoms with van der Waals surface area (Å²) >= 11 is 0. The Morgan fingerprint density at radius 1 is 1.56 bits per heavy atom. The molecule has 0 saturated heterocycles. The fourth-order valence-electron chi connectivity index (χ4n) is 1.23. The molecule has 0 radical (unpaired) electrons. The molecule has 0 aliphatic heterocycles. The van der Waals surface area contributed by atoms with Crippen LogP contribution >= 0.6 is 0 Å². The summed E-state index contributed by atoms with van der Waals surface area (Å²) in [6.45, 7) is 1.70. The Kier molecular flexibility index (Phi) is 3.68. The highest BCUT2D eigenvalue weighted by molar-refractivity contribution is 5.95. The minimum absolute atomic E-state index is 0.0550. The zero-order valence-electron chi connectivity index (χ0n) is 9.01. The van der Waals surface area contributed by atoms with Crippen LogP contribution in [0, 0.1) is 0 Å². The molecule has 1 amide bonds. The van der Waals surface area contributed by atoms with Gasteiger partial charge in [0.1, 0.15) is 6.26 Å². The van der Waals surface area contributed by atoms with E-state index in [1.807, 2.05) is 0 Å². The van der Waals surface area contributed by atoms with E-state index in [2.05, 4.69) is 0 Å². The minimum Gasteiger partial charge on any atom is -0.478 e. The van der Waals surface area contributed by atoms with Crippen molar-refractivity contribution in [2.24, 2.45) is 0 Å². The van der Waals surface area contributed by atoms with Gasteiger partial charge in [-0.05, 0) is 6.92 Å². The van der Waals surface area contributed by atoms with Crippen molar-refractivity contribution in [3.05, 3.63) is 23.7 Å². The van der Waals surface area contributed by atoms with Crippen LogP contribution in [0.15, 0.2) is 16.7 Å². The highest BCUT2D eigenvalue weighted by atomic mass is 16.4. The number of aliphatic hydroxyl groups excluding tert-OH is 1. The van der Waals surface area contributed by atoms with Crippen LogP contribution in [0.5, 0.6) is 0 Å². The molecule has 0 aromatic carbocycles. The average molecular weight is 227 g/mol. The number of hydrogen-bond acceptors (Lipinski definition) is 4. The molecule has 0 bridgehead atoms. The van der Waals surface area contributed by atoms with E-state index in [-0.39, 0.29) is 17.9 Å². The molecule has 1 atom stereocenters. The van der Waals surface area contributed by atoms with Gasteiger partial charge < -0.3 is 19.5 Å². The first-order valence-electron chi connectivity index (χ1n) is 4.67. The van der Waals surface area contributed by atoms with E-state index < -0.39 is 18.0 Å². The summed E-state index contributed by atoms with van der Waals surface area (Å²) in [7, 11) is 1.50. The summed E-state index contributed by atoms with van der Waals surface area (Å²) in [5.74, 6) is -1.67. The SMILES string of the molecule is CC(O)CN(C)C(=O)c1cc(C(=O)O)co1. The molecule has 0 aliphatic carbocycles. The number of nitrogens with zero attached hydrogens (tertiary/aromatic N) is 1. The standard InChI is InChI=1S/C10H13NO5/c1-6(12)4-11(2)9(13)8-3-7(5-16-8)10(14)15/h3,5-6,12H,4H2,1-2H3,(H,14,15). The number of carbonyl (C=O) groups excluding carboxylic acids is 1. The number of carboxylic acids is 1. The maximum absolute atomic E-state index is 11.6. The largest absolute Gasteiger partial charge is 0.478 e. The van der Waals surface area contributed by atoms with Crippen LogP contribution in [-0.2, 0) is 0 Å². The molecule has 1 heterocycles. The van der Waals surface area contributed by atoms with Crippen LogP contribution in [0.4, 0.5) is 0 Å². The first-order chi connectivity index (χ1) is 7.41. The Morgan fingerprint density at radius 3 is 2.62 bits per heavy atom. The Labute approximate surface area is 92.1 Å². The van der Waals surface area contributed by atoms with E-state index in [4.69, 9.17) is 14.6 Å². The molecule has 0 fully saturated rings. The van der Waals surface area contributed by atoms with Crippen LogP contribution < -0.4 is 0 Å². The molecule has 2 N–H and O–H groups in total. The van der Waals surface area contributed by atoms with Crippen molar-refractivity contribution >= 4 is 11.9 Å². The molecule has 88 valence electrons. The predicted octanol–water partition coefficient (Wildman–Crippen LogP) is 0.431. The van der Waals surface area contributed by atoms with Crippen molar-refractivity contribution in [1.82, 2.24) is 4.90 Å². The minimum atomic E-state index is -1.15. The maximum Gasteiger partial charge on any atom is 0.338 e. The Balaban J connectivity index is 2.76. The van der Waals surface area contributed by atoms with E-state index in [1.165, 1.54) is 11.9 Å². The van der Waals surface area contributed by atoms with E-state index in [1.54, 1.807) is 6.92 Å². The van der Waals surface area contributed by atoms with Crippen LogP contribution in [0.2, 0.25) is 0 Å². The zero-order chi connectivity index (χ0) is 12.3. The topological polar surface area (TPSA) is 91.0 Å². The number of hydrogen-bond donors (Lipinski definition) is 2. The molecular formula is C10H13NO5. The molecule has 16 heavy (non-hydrogen) atoms. The maximum atomic E-state index is 11.6. The van der Waals surface area contributed by atoms with Crippen LogP contribution in [-0.4, -0.2) is 46.7 Å². The van der Waals surface area contributed by atoms with Gasteiger partial charge in [0.2, 0.25) is 0 Å². The molecule has 0 spiro atoms. The third-order valence-corrected chi connectivity index (χ3v) is 1.94. The second kappa shape index (κ2) is 4.80. The lowest BCUT2D eigenvalue weighted by molar-refractivity contribution is 0.0672. The van der Waals surface area contributed by atoms with Gasteiger partial charge >= 0.3 is 5.97 Å². The number of furan rings is 1. The Bertz CT molecular complexity index is 396. The number of aromatic carboxylic acids is 1. The summed E-state index contributed by atoms with van der Waals surface area (Å²) in [6.07, 6.45) is 0.356. The smallest absolute Gasteiger partial charge is 0.338 e. The second-order valence-corrected chi connectivity index (χ2v) is 3.54. The van der Waals surface area contributed by atoms with Crippen molar-refractivity contribution < 1.29 is 24.2 Å². The molecule has 0 saturated carbocycles. The highest BCUT2D eigenvalue weighted by Crippen LogP contribution is 2.10. The summed E-state index contributed by atoms with van der Waals surface area (Å²) in [5, 5.41) is 17.7. The molecule has 6 heteroatoms. The highest BCUT2D eigenvalue weighted by Gasteiger charge is 2.18. The monoisotopic (exact) mass is 227 g/mol. The summed E-state index contributed by atoms with van der Waals surface area (Å²) in [4.78, 5) is 23.5. The lowest BCUT2D eigenvalue weighted by Crippen LogP contribution is -2.32. The van der Waals surface area contributed by atoms with Crippen molar-refractivity contribution in [3.8, 4) is 0 Å². The fourth-order valence-corrected chi connectivity index (χ4v) is 1.23. The number of aliphatic hydroxyl groups is 1. The van der Waals surface area contributed by atoms with Crippen molar-refractivity contribution in [1.29, 1.82) is 0 Å². The molecule has 1 unspecified atom stereocenters. The van der Waals surface area contributed by atoms with Gasteiger partial charge in [0.05, 0.1) is 11.7 Å². The van der Waals surface area contributed by atoms with Gasteiger partial charge in [0, 0.05) is 19.7 Å². The number of amides is 1. The number of likely N-dealkylation sites (N-methyl/N-ethyl adjacent to an activating group) is 1. The third kappa shape index (κ3) is 2.83. The number of carboxylic acid groups (broad SMARTS) is 1. The van der Waals surface area contributed by atoms with Crippen molar-refractivity contribution in [2.75, 3.05) is 13.6 Å². The van der Waals surface area contributed by atoms with Crippen molar-refractivity contribution in [2.45, 2.75) is 13.0 Å². The summed E-state index contributed by atoms with van der Waals surface area (Å²) in [6, 6.07) is 1.16. The first-order valence-corrected chi connectivity index (χ1v) is 4.67. The molecule has 6 nitrogen and oxygen atoms in total. The normalized spacial score (nSPS) is 12.2. The zero-order valence-corrected chi connectivity index (χ0v) is 9.01. The number of rotatable bonds is 4. The molecule has 1 aromatic rings. The second-order valence-electron chi connectivity index (χ2n) is 3.54. The Morgan fingerprint density at radius 2 is 2.19 bits per heavy atom. The lowest BCUT2D eigenvalue weighted by Gasteiger charge is -2.16. The average Bonchev–Trinajstić information content (AvgIpc) is 2.64. The van der Waals surface area contributed by atoms with Crippen molar-refractivity contribution in [3.63, 3.8) is 0 Å². The molecule has 1 aromatic heterocycles. The van der Waals surface area contributed by atoms with Crippen LogP contribution in [0.25, 0.3) is 0 Å². The first kappa shape index (κ1) is 12.3. The van der Waals surface area contributed by atoms with Gasteiger partial charge in [0.25, 0.3) is 5.91 Å². The quantitative estimate of drug-likeness (QED) is 0.778. The fraction of sp³-hybridized carbons (Fsp3) is 0.400. The number of carbonyl (C=O) groups is 2. The molecule has 0 aliphatic rings. The van der Waals surface area contributed by atoms with Gasteiger partial charge in [-0.1, -0.05) is 0 Å². The predicted molar refractivity (Wildman–Crippen MR) is 54.3 cm³/mol. The van der Waals surface area contributed by atoms with E-state index in [0.29, 0.717) is 0 Å². The van der Waals surface area contributed by atoms with Gasteiger partial charge in [-0.15, -0.1) is 0 Å².